The predicted octanol–water partition coefficient (Wildman–Crippen LogP) is 2.83. The van der Waals surface area contributed by atoms with Crippen LogP contribution in [0.4, 0.5) is 0 Å². The maximum absolute atomic E-state index is 12.6. The molecule has 0 spiro atoms. The molecular formula is C16H23NO2S. The van der Waals surface area contributed by atoms with E-state index in [9.17, 15) is 9.90 Å². The minimum atomic E-state index is -0.0268. The molecule has 0 saturated carbocycles. The summed E-state index contributed by atoms with van der Waals surface area (Å²) in [6.07, 6.45) is 5.61. The molecule has 2 aliphatic heterocycles. The second-order valence-electron chi connectivity index (χ2n) is 6.26. The van der Waals surface area contributed by atoms with E-state index >= 15 is 0 Å². The Morgan fingerprint density at radius 1 is 1.55 bits per heavy atom. The van der Waals surface area contributed by atoms with Gasteiger partial charge in [0, 0.05) is 23.9 Å². The summed E-state index contributed by atoms with van der Waals surface area (Å²) in [4.78, 5) is 14.7. The lowest BCUT2D eigenvalue weighted by molar-refractivity contribution is -0.133. The van der Waals surface area contributed by atoms with Crippen LogP contribution in [0.1, 0.15) is 44.6 Å². The van der Waals surface area contributed by atoms with Crippen molar-refractivity contribution in [2.24, 2.45) is 5.41 Å². The Hall–Kier alpha value is -0.870. The molecule has 2 aliphatic rings. The van der Waals surface area contributed by atoms with E-state index < -0.39 is 0 Å². The smallest absolute Gasteiger partial charge is 0.223 e. The molecule has 3 atom stereocenters. The average Bonchev–Trinajstić information content (AvgIpc) is 3.19. The average molecular weight is 293 g/mol. The molecule has 0 aromatic carbocycles. The number of rotatable bonds is 5. The van der Waals surface area contributed by atoms with E-state index in [0.717, 1.165) is 32.1 Å². The first-order valence-corrected chi connectivity index (χ1v) is 8.57. The van der Waals surface area contributed by atoms with Gasteiger partial charge in [-0.25, -0.2) is 0 Å². The molecule has 2 bridgehead atoms. The van der Waals surface area contributed by atoms with Crippen LogP contribution in [-0.4, -0.2) is 34.6 Å². The third-order valence-electron chi connectivity index (χ3n) is 5.37. The molecule has 3 rings (SSSR count). The molecule has 1 amide bonds. The Morgan fingerprint density at radius 2 is 2.40 bits per heavy atom. The first-order valence-electron chi connectivity index (χ1n) is 7.63. The highest BCUT2D eigenvalue weighted by atomic mass is 32.1. The Kier molecular flexibility index (Phi) is 3.87. The number of carbonyl (C=O) groups excluding carboxylic acids is 1. The number of fused-ring (bicyclic) bond motifs is 2. The van der Waals surface area contributed by atoms with Crippen molar-refractivity contribution in [1.29, 1.82) is 0 Å². The SMILES string of the molecule is CC[C@@]1(CO)C[C@@H]2CC[C@H]1N2C(=O)CCc1ccsc1. The summed E-state index contributed by atoms with van der Waals surface area (Å²) >= 11 is 1.69. The van der Waals surface area contributed by atoms with Gasteiger partial charge in [0.1, 0.15) is 0 Å². The van der Waals surface area contributed by atoms with E-state index in [1.54, 1.807) is 11.3 Å². The van der Waals surface area contributed by atoms with E-state index in [0.29, 0.717) is 12.5 Å². The Morgan fingerprint density at radius 3 is 3.00 bits per heavy atom. The number of carbonyl (C=O) groups is 1. The highest BCUT2D eigenvalue weighted by Gasteiger charge is 2.55. The lowest BCUT2D eigenvalue weighted by Crippen LogP contribution is -2.42. The van der Waals surface area contributed by atoms with Gasteiger partial charge in [-0.2, -0.15) is 11.3 Å². The first kappa shape index (κ1) is 14.1. The number of aryl methyl sites for hydroxylation is 1. The molecule has 1 N–H and O–H groups in total. The van der Waals surface area contributed by atoms with Crippen LogP contribution in [0.3, 0.4) is 0 Å². The van der Waals surface area contributed by atoms with Crippen LogP contribution in [0.15, 0.2) is 16.8 Å². The molecule has 2 fully saturated rings. The zero-order valence-corrected chi connectivity index (χ0v) is 12.9. The summed E-state index contributed by atoms with van der Waals surface area (Å²) in [7, 11) is 0. The van der Waals surface area contributed by atoms with Crippen LogP contribution in [0, 0.1) is 5.41 Å². The molecule has 0 aliphatic carbocycles. The van der Waals surface area contributed by atoms with Crippen molar-refractivity contribution in [3.8, 4) is 0 Å². The zero-order chi connectivity index (χ0) is 14.2. The van der Waals surface area contributed by atoms with E-state index in [1.807, 2.05) is 0 Å². The largest absolute Gasteiger partial charge is 0.396 e. The third-order valence-corrected chi connectivity index (χ3v) is 6.10. The molecule has 1 aromatic heterocycles. The van der Waals surface area contributed by atoms with Crippen LogP contribution in [0.2, 0.25) is 0 Å². The van der Waals surface area contributed by atoms with Gasteiger partial charge in [0.05, 0.1) is 6.61 Å². The van der Waals surface area contributed by atoms with Crippen molar-refractivity contribution in [3.05, 3.63) is 22.4 Å². The van der Waals surface area contributed by atoms with Gasteiger partial charge in [0.25, 0.3) is 0 Å². The van der Waals surface area contributed by atoms with Gasteiger partial charge in [-0.3, -0.25) is 4.79 Å². The number of aliphatic hydroxyl groups excluding tert-OH is 1. The molecular weight excluding hydrogens is 270 g/mol. The van der Waals surface area contributed by atoms with E-state index in [2.05, 4.69) is 28.7 Å². The van der Waals surface area contributed by atoms with Crippen LogP contribution in [-0.2, 0) is 11.2 Å². The Bertz CT molecular complexity index is 467. The van der Waals surface area contributed by atoms with E-state index in [4.69, 9.17) is 0 Å². The summed E-state index contributed by atoms with van der Waals surface area (Å²) in [5, 5.41) is 14.0. The summed E-state index contributed by atoms with van der Waals surface area (Å²) < 4.78 is 0. The molecule has 1 aromatic rings. The van der Waals surface area contributed by atoms with Gasteiger partial charge in [0.2, 0.25) is 5.91 Å². The van der Waals surface area contributed by atoms with Gasteiger partial charge in [0.15, 0.2) is 0 Å². The zero-order valence-electron chi connectivity index (χ0n) is 12.0. The molecule has 3 heterocycles. The summed E-state index contributed by atoms with van der Waals surface area (Å²) in [5.41, 5.74) is 1.24. The topological polar surface area (TPSA) is 40.5 Å². The predicted molar refractivity (Wildman–Crippen MR) is 80.7 cm³/mol. The summed E-state index contributed by atoms with van der Waals surface area (Å²) in [5.74, 6) is 0.285. The van der Waals surface area contributed by atoms with Gasteiger partial charge in [-0.1, -0.05) is 6.92 Å². The lowest BCUT2D eigenvalue weighted by atomic mass is 9.72. The lowest BCUT2D eigenvalue weighted by Gasteiger charge is -2.34. The normalized spacial score (nSPS) is 32.0. The van der Waals surface area contributed by atoms with Crippen molar-refractivity contribution in [2.45, 2.75) is 57.5 Å². The molecule has 2 saturated heterocycles. The number of hydrogen-bond acceptors (Lipinski definition) is 3. The minimum Gasteiger partial charge on any atom is -0.396 e. The monoisotopic (exact) mass is 293 g/mol. The maximum Gasteiger partial charge on any atom is 0.223 e. The number of thiophene rings is 1. The second kappa shape index (κ2) is 5.49. The quantitative estimate of drug-likeness (QED) is 0.907. The van der Waals surface area contributed by atoms with Crippen molar-refractivity contribution < 1.29 is 9.90 Å². The van der Waals surface area contributed by atoms with Gasteiger partial charge < -0.3 is 10.0 Å². The van der Waals surface area contributed by atoms with Crippen LogP contribution >= 0.6 is 11.3 Å². The maximum atomic E-state index is 12.6. The number of aliphatic hydroxyl groups is 1. The van der Waals surface area contributed by atoms with Gasteiger partial charge in [-0.15, -0.1) is 0 Å². The van der Waals surface area contributed by atoms with Crippen LogP contribution < -0.4 is 0 Å². The molecule has 0 unspecified atom stereocenters. The van der Waals surface area contributed by atoms with Crippen molar-refractivity contribution >= 4 is 17.2 Å². The molecule has 20 heavy (non-hydrogen) atoms. The summed E-state index contributed by atoms with van der Waals surface area (Å²) in [6.45, 7) is 2.36. The van der Waals surface area contributed by atoms with Crippen molar-refractivity contribution in [2.75, 3.05) is 6.61 Å². The highest BCUT2D eigenvalue weighted by Crippen LogP contribution is 2.51. The number of nitrogens with zero attached hydrogens (tertiary/aromatic N) is 1. The highest BCUT2D eigenvalue weighted by molar-refractivity contribution is 7.07. The van der Waals surface area contributed by atoms with Crippen LogP contribution in [0.25, 0.3) is 0 Å². The summed E-state index contributed by atoms with van der Waals surface area (Å²) in [6, 6.07) is 2.75. The van der Waals surface area contributed by atoms with Crippen molar-refractivity contribution in [1.82, 2.24) is 4.90 Å². The third kappa shape index (κ3) is 2.19. The fraction of sp³-hybridized carbons (Fsp3) is 0.688. The molecule has 4 heteroatoms. The molecule has 0 radical (unpaired) electrons. The number of amides is 1. The fourth-order valence-corrected chi connectivity index (χ4v) is 4.85. The first-order chi connectivity index (χ1) is 9.70. The standard InChI is InChI=1S/C16H23NO2S/c1-2-16(11-18)9-13-4-5-14(16)17(13)15(19)6-3-12-7-8-20-10-12/h7-8,10,13-14,18H,2-6,9,11H2,1H3/t13-,14+,16-/m0/s1. The van der Waals surface area contributed by atoms with Crippen molar-refractivity contribution in [3.63, 3.8) is 0 Å². The van der Waals surface area contributed by atoms with Gasteiger partial charge in [-0.05, 0) is 54.5 Å². The minimum absolute atomic E-state index is 0.0268. The van der Waals surface area contributed by atoms with E-state index in [-0.39, 0.29) is 24.0 Å². The second-order valence-corrected chi connectivity index (χ2v) is 7.04. The number of hydrogen-bond donors (Lipinski definition) is 1. The molecule has 3 nitrogen and oxygen atoms in total. The van der Waals surface area contributed by atoms with E-state index in [1.165, 1.54) is 5.56 Å². The van der Waals surface area contributed by atoms with Crippen LogP contribution in [0.5, 0.6) is 0 Å². The fourth-order valence-electron chi connectivity index (χ4n) is 4.14. The van der Waals surface area contributed by atoms with Gasteiger partial charge >= 0.3 is 0 Å². The Labute approximate surface area is 124 Å². The Balaban J connectivity index is 1.67. The molecule has 110 valence electrons.